The molecule has 0 spiro atoms. The molecular formula is C28H30F3NO2. The summed E-state index contributed by atoms with van der Waals surface area (Å²) in [5.41, 5.74) is 2.36. The topological polar surface area (TPSA) is 29.5 Å². The van der Waals surface area contributed by atoms with Crippen LogP contribution in [0, 0.1) is 0 Å². The second-order valence-electron chi connectivity index (χ2n) is 8.36. The first-order valence-electron chi connectivity index (χ1n) is 11.4. The average molecular weight is 470 g/mol. The molecule has 3 nitrogen and oxygen atoms in total. The van der Waals surface area contributed by atoms with E-state index in [0.29, 0.717) is 18.7 Å². The SMILES string of the molecule is CCc1ccccc1C(C)C(=O)N(C)CC[C@H](Oc1ccc(C(F)(F)F)cc1)c1ccccc1. The molecule has 3 rings (SSSR count). The molecule has 34 heavy (non-hydrogen) atoms. The number of aryl methyl sites for hydroxylation is 1. The third-order valence-corrected chi connectivity index (χ3v) is 6.01. The first kappa shape index (κ1) is 25.3. The summed E-state index contributed by atoms with van der Waals surface area (Å²) in [6.45, 7) is 4.43. The van der Waals surface area contributed by atoms with Gasteiger partial charge in [0.1, 0.15) is 11.9 Å². The van der Waals surface area contributed by atoms with Crippen molar-refractivity contribution in [2.75, 3.05) is 13.6 Å². The summed E-state index contributed by atoms with van der Waals surface area (Å²) in [6, 6.07) is 22.1. The van der Waals surface area contributed by atoms with Crippen molar-refractivity contribution in [3.8, 4) is 5.75 Å². The number of hydrogen-bond donors (Lipinski definition) is 0. The lowest BCUT2D eigenvalue weighted by atomic mass is 9.93. The van der Waals surface area contributed by atoms with Crippen molar-refractivity contribution in [3.63, 3.8) is 0 Å². The highest BCUT2D eigenvalue weighted by Crippen LogP contribution is 2.32. The van der Waals surface area contributed by atoms with Gasteiger partial charge in [-0.15, -0.1) is 0 Å². The molecule has 0 N–H and O–H groups in total. The van der Waals surface area contributed by atoms with Crippen molar-refractivity contribution in [2.45, 2.75) is 44.9 Å². The highest BCUT2D eigenvalue weighted by molar-refractivity contribution is 5.83. The molecule has 0 heterocycles. The highest BCUT2D eigenvalue weighted by Gasteiger charge is 2.30. The Labute approximate surface area is 199 Å². The third-order valence-electron chi connectivity index (χ3n) is 6.01. The maximum Gasteiger partial charge on any atom is 0.416 e. The van der Waals surface area contributed by atoms with Crippen LogP contribution in [0.15, 0.2) is 78.9 Å². The number of ether oxygens (including phenoxy) is 1. The zero-order valence-corrected chi connectivity index (χ0v) is 19.7. The Balaban J connectivity index is 1.71. The Morgan fingerprint density at radius 3 is 2.18 bits per heavy atom. The van der Waals surface area contributed by atoms with E-state index >= 15 is 0 Å². The summed E-state index contributed by atoms with van der Waals surface area (Å²) in [4.78, 5) is 14.8. The molecule has 0 bridgehead atoms. The largest absolute Gasteiger partial charge is 0.486 e. The van der Waals surface area contributed by atoms with Crippen molar-refractivity contribution in [1.82, 2.24) is 4.90 Å². The number of rotatable bonds is 9. The Hall–Kier alpha value is -3.28. The monoisotopic (exact) mass is 469 g/mol. The number of hydrogen-bond acceptors (Lipinski definition) is 2. The molecule has 3 aromatic carbocycles. The fourth-order valence-corrected chi connectivity index (χ4v) is 4.01. The van der Waals surface area contributed by atoms with E-state index in [4.69, 9.17) is 4.74 Å². The van der Waals surface area contributed by atoms with Gasteiger partial charge in [-0.3, -0.25) is 4.79 Å². The van der Waals surface area contributed by atoms with E-state index in [1.165, 1.54) is 12.1 Å². The minimum atomic E-state index is -4.40. The van der Waals surface area contributed by atoms with E-state index in [1.807, 2.05) is 61.5 Å². The number of alkyl halides is 3. The minimum absolute atomic E-state index is 0.0160. The molecule has 1 amide bonds. The van der Waals surface area contributed by atoms with Crippen molar-refractivity contribution >= 4 is 5.91 Å². The van der Waals surface area contributed by atoms with Crippen molar-refractivity contribution in [3.05, 3.63) is 101 Å². The van der Waals surface area contributed by atoms with Crippen LogP contribution in [0.25, 0.3) is 0 Å². The predicted molar refractivity (Wildman–Crippen MR) is 128 cm³/mol. The van der Waals surface area contributed by atoms with Gasteiger partial charge in [0.15, 0.2) is 0 Å². The normalized spacial score (nSPS) is 13.2. The van der Waals surface area contributed by atoms with E-state index in [1.54, 1.807) is 11.9 Å². The standard InChI is InChI=1S/C28H30F3NO2/c1-4-21-10-8-9-13-25(21)20(2)27(33)32(3)19-18-26(22-11-6-5-7-12-22)34-24-16-14-23(15-17-24)28(29,30)31/h5-17,20,26H,4,18-19H2,1-3H3/t20?,26-/m0/s1. The van der Waals surface area contributed by atoms with Gasteiger partial charge in [-0.2, -0.15) is 13.2 Å². The predicted octanol–water partition coefficient (Wildman–Crippen LogP) is 7.04. The fourth-order valence-electron chi connectivity index (χ4n) is 4.01. The van der Waals surface area contributed by atoms with E-state index < -0.39 is 17.8 Å². The van der Waals surface area contributed by atoms with Crippen LogP contribution < -0.4 is 4.74 Å². The molecule has 3 aromatic rings. The molecule has 1 unspecified atom stereocenters. The number of nitrogens with zero attached hydrogens (tertiary/aromatic N) is 1. The molecule has 0 saturated heterocycles. The molecule has 0 aliphatic carbocycles. The van der Waals surface area contributed by atoms with Crippen molar-refractivity contribution in [1.29, 1.82) is 0 Å². The summed E-state index contributed by atoms with van der Waals surface area (Å²) in [5, 5.41) is 0. The van der Waals surface area contributed by atoms with Crippen LogP contribution in [0.1, 0.15) is 54.5 Å². The molecule has 0 aromatic heterocycles. The maximum absolute atomic E-state index is 13.1. The van der Waals surface area contributed by atoms with Crippen LogP contribution in [-0.4, -0.2) is 24.4 Å². The number of carbonyl (C=O) groups is 1. The van der Waals surface area contributed by atoms with Gasteiger partial charge in [0.25, 0.3) is 0 Å². The van der Waals surface area contributed by atoms with Gasteiger partial charge >= 0.3 is 6.18 Å². The third kappa shape index (κ3) is 6.40. The second kappa shape index (κ2) is 11.2. The number of likely N-dealkylation sites (N-methyl/N-ethyl adjacent to an activating group) is 1. The Morgan fingerprint density at radius 1 is 0.941 bits per heavy atom. The lowest BCUT2D eigenvalue weighted by Crippen LogP contribution is -2.33. The van der Waals surface area contributed by atoms with Crippen LogP contribution in [-0.2, 0) is 17.4 Å². The van der Waals surface area contributed by atoms with E-state index in [2.05, 4.69) is 6.92 Å². The van der Waals surface area contributed by atoms with Gasteiger partial charge in [0, 0.05) is 20.0 Å². The van der Waals surface area contributed by atoms with Crippen molar-refractivity contribution < 1.29 is 22.7 Å². The van der Waals surface area contributed by atoms with Crippen molar-refractivity contribution in [2.24, 2.45) is 0 Å². The molecule has 0 radical (unpaired) electrons. The Kier molecular flexibility index (Phi) is 8.37. The number of benzene rings is 3. The van der Waals surface area contributed by atoms with Crippen LogP contribution in [0.2, 0.25) is 0 Å². The lowest BCUT2D eigenvalue weighted by molar-refractivity contribution is -0.137. The Morgan fingerprint density at radius 2 is 1.56 bits per heavy atom. The van der Waals surface area contributed by atoms with Gasteiger partial charge in [-0.1, -0.05) is 61.5 Å². The molecule has 0 fully saturated rings. The summed E-state index contributed by atoms with van der Waals surface area (Å²) < 4.78 is 44.7. The van der Waals surface area contributed by atoms with Crippen LogP contribution >= 0.6 is 0 Å². The van der Waals surface area contributed by atoms with Crippen LogP contribution in [0.5, 0.6) is 5.75 Å². The molecule has 2 atom stereocenters. The second-order valence-corrected chi connectivity index (χ2v) is 8.36. The highest BCUT2D eigenvalue weighted by atomic mass is 19.4. The van der Waals surface area contributed by atoms with E-state index in [9.17, 15) is 18.0 Å². The zero-order valence-electron chi connectivity index (χ0n) is 19.7. The van der Waals surface area contributed by atoms with Gasteiger partial charge in [-0.05, 0) is 54.3 Å². The molecule has 180 valence electrons. The maximum atomic E-state index is 13.1. The molecule has 0 saturated carbocycles. The zero-order chi connectivity index (χ0) is 24.7. The first-order valence-corrected chi connectivity index (χ1v) is 11.4. The molecule has 0 aliphatic heterocycles. The lowest BCUT2D eigenvalue weighted by Gasteiger charge is -2.26. The summed E-state index contributed by atoms with van der Waals surface area (Å²) >= 11 is 0. The fraction of sp³-hybridized carbons (Fsp3) is 0.321. The van der Waals surface area contributed by atoms with Gasteiger partial charge in [-0.25, -0.2) is 0 Å². The number of carbonyl (C=O) groups excluding carboxylic acids is 1. The van der Waals surface area contributed by atoms with E-state index in [-0.39, 0.29) is 11.8 Å². The smallest absolute Gasteiger partial charge is 0.416 e. The minimum Gasteiger partial charge on any atom is -0.486 e. The van der Waals surface area contributed by atoms with E-state index in [0.717, 1.165) is 35.2 Å². The molecule has 6 heteroatoms. The van der Waals surface area contributed by atoms with Gasteiger partial charge < -0.3 is 9.64 Å². The van der Waals surface area contributed by atoms with Crippen LogP contribution in [0.3, 0.4) is 0 Å². The number of amides is 1. The first-order chi connectivity index (χ1) is 16.2. The van der Waals surface area contributed by atoms with Gasteiger partial charge in [0.05, 0.1) is 11.5 Å². The van der Waals surface area contributed by atoms with Crippen LogP contribution in [0.4, 0.5) is 13.2 Å². The Bertz CT molecular complexity index is 1070. The average Bonchev–Trinajstić information content (AvgIpc) is 2.85. The summed E-state index contributed by atoms with van der Waals surface area (Å²) in [5.74, 6) is 0.0930. The molecule has 0 aliphatic rings. The number of halogens is 3. The van der Waals surface area contributed by atoms with Gasteiger partial charge in [0.2, 0.25) is 5.91 Å². The molecular weight excluding hydrogens is 439 g/mol. The quantitative estimate of drug-likeness (QED) is 0.336. The summed E-state index contributed by atoms with van der Waals surface area (Å²) in [6.07, 6.45) is -3.45. The summed E-state index contributed by atoms with van der Waals surface area (Å²) in [7, 11) is 1.77.